The van der Waals surface area contributed by atoms with E-state index in [4.69, 9.17) is 16.3 Å². The minimum Gasteiger partial charge on any atom is -0.376 e. The lowest BCUT2D eigenvalue weighted by Gasteiger charge is -2.12. The SMILES string of the molecule is CC(C)c1nc(Cl)cc(NC[C@H]2CCCO2)n1. The highest BCUT2D eigenvalue weighted by Gasteiger charge is 2.15. The Morgan fingerprint density at radius 2 is 2.35 bits per heavy atom. The molecule has 1 aromatic rings. The molecule has 2 rings (SSSR count). The molecule has 0 aromatic carbocycles. The van der Waals surface area contributed by atoms with Gasteiger partial charge in [-0.1, -0.05) is 25.4 Å². The van der Waals surface area contributed by atoms with Crippen molar-refractivity contribution < 1.29 is 4.74 Å². The Labute approximate surface area is 107 Å². The van der Waals surface area contributed by atoms with Gasteiger partial charge in [0.05, 0.1) is 6.10 Å². The second-order valence-corrected chi connectivity index (χ2v) is 4.99. The molecule has 0 aliphatic carbocycles. The van der Waals surface area contributed by atoms with E-state index >= 15 is 0 Å². The van der Waals surface area contributed by atoms with E-state index in [0.29, 0.717) is 11.3 Å². The van der Waals surface area contributed by atoms with Gasteiger partial charge in [0.25, 0.3) is 0 Å². The molecule has 1 aliphatic heterocycles. The summed E-state index contributed by atoms with van der Waals surface area (Å²) in [7, 11) is 0. The molecule has 0 bridgehead atoms. The molecule has 1 N–H and O–H groups in total. The molecule has 0 amide bonds. The maximum atomic E-state index is 5.97. The molecule has 0 unspecified atom stereocenters. The third kappa shape index (κ3) is 3.54. The van der Waals surface area contributed by atoms with Gasteiger partial charge in [-0.3, -0.25) is 0 Å². The topological polar surface area (TPSA) is 47.0 Å². The van der Waals surface area contributed by atoms with Crippen molar-refractivity contribution in [2.24, 2.45) is 0 Å². The van der Waals surface area contributed by atoms with Crippen LogP contribution in [0.4, 0.5) is 5.82 Å². The van der Waals surface area contributed by atoms with Crippen LogP contribution >= 0.6 is 11.6 Å². The number of aromatic nitrogens is 2. The van der Waals surface area contributed by atoms with Gasteiger partial charge in [-0.15, -0.1) is 0 Å². The Morgan fingerprint density at radius 1 is 1.53 bits per heavy atom. The van der Waals surface area contributed by atoms with Crippen LogP contribution in [0.3, 0.4) is 0 Å². The molecule has 17 heavy (non-hydrogen) atoms. The van der Waals surface area contributed by atoms with Crippen molar-refractivity contribution in [2.75, 3.05) is 18.5 Å². The molecule has 0 saturated carbocycles. The lowest BCUT2D eigenvalue weighted by molar-refractivity contribution is 0.120. The molecule has 2 heterocycles. The van der Waals surface area contributed by atoms with Crippen LogP contribution in [0.25, 0.3) is 0 Å². The van der Waals surface area contributed by atoms with Crippen LogP contribution in [-0.4, -0.2) is 29.2 Å². The van der Waals surface area contributed by atoms with E-state index in [0.717, 1.165) is 37.6 Å². The quantitative estimate of drug-likeness (QED) is 0.841. The standard InChI is InChI=1S/C12H18ClN3O/c1-8(2)12-15-10(13)6-11(16-12)14-7-9-4-3-5-17-9/h6,8-9H,3-5,7H2,1-2H3,(H,14,15,16)/t9-/m1/s1. The maximum absolute atomic E-state index is 5.97. The van der Waals surface area contributed by atoms with E-state index in [1.54, 1.807) is 6.07 Å². The number of anilines is 1. The summed E-state index contributed by atoms with van der Waals surface area (Å²) in [5.74, 6) is 1.83. The maximum Gasteiger partial charge on any atom is 0.135 e. The Balaban J connectivity index is 1.99. The second kappa shape index (κ2) is 5.65. The van der Waals surface area contributed by atoms with E-state index in [1.807, 2.05) is 0 Å². The second-order valence-electron chi connectivity index (χ2n) is 4.60. The summed E-state index contributed by atoms with van der Waals surface area (Å²) in [6.45, 7) is 5.75. The Morgan fingerprint density at radius 3 is 3.00 bits per heavy atom. The number of nitrogens with zero attached hydrogens (tertiary/aromatic N) is 2. The number of nitrogens with one attached hydrogen (secondary N) is 1. The zero-order chi connectivity index (χ0) is 12.3. The van der Waals surface area contributed by atoms with Gasteiger partial charge in [0.1, 0.15) is 16.8 Å². The third-order valence-corrected chi connectivity index (χ3v) is 2.96. The first-order chi connectivity index (χ1) is 8.15. The van der Waals surface area contributed by atoms with Crippen LogP contribution in [0.5, 0.6) is 0 Å². The largest absolute Gasteiger partial charge is 0.376 e. The minimum absolute atomic E-state index is 0.275. The third-order valence-electron chi connectivity index (χ3n) is 2.76. The lowest BCUT2D eigenvalue weighted by atomic mass is 10.2. The van der Waals surface area contributed by atoms with E-state index in [-0.39, 0.29) is 5.92 Å². The zero-order valence-electron chi connectivity index (χ0n) is 10.2. The summed E-state index contributed by atoms with van der Waals surface area (Å²) < 4.78 is 5.54. The highest BCUT2D eigenvalue weighted by molar-refractivity contribution is 6.29. The molecule has 94 valence electrons. The number of halogens is 1. The Bertz CT molecular complexity index is 378. The van der Waals surface area contributed by atoms with Crippen LogP contribution in [0.2, 0.25) is 5.15 Å². The molecule has 1 aliphatic rings. The van der Waals surface area contributed by atoms with Crippen molar-refractivity contribution >= 4 is 17.4 Å². The van der Waals surface area contributed by atoms with E-state index in [9.17, 15) is 0 Å². The summed E-state index contributed by atoms with van der Waals surface area (Å²) in [5.41, 5.74) is 0. The van der Waals surface area contributed by atoms with Crippen molar-refractivity contribution in [3.8, 4) is 0 Å². The van der Waals surface area contributed by atoms with Gasteiger partial charge in [0.15, 0.2) is 0 Å². The van der Waals surface area contributed by atoms with Crippen LogP contribution in [0.15, 0.2) is 6.07 Å². The molecular formula is C12H18ClN3O. The minimum atomic E-state index is 0.275. The van der Waals surface area contributed by atoms with Gasteiger partial charge in [0, 0.05) is 25.1 Å². The molecule has 1 atom stereocenters. The van der Waals surface area contributed by atoms with Gasteiger partial charge in [-0.25, -0.2) is 9.97 Å². The first-order valence-electron chi connectivity index (χ1n) is 6.05. The fraction of sp³-hybridized carbons (Fsp3) is 0.667. The number of hydrogen-bond donors (Lipinski definition) is 1. The Hall–Kier alpha value is -0.870. The van der Waals surface area contributed by atoms with Gasteiger partial charge < -0.3 is 10.1 Å². The van der Waals surface area contributed by atoms with E-state index in [1.165, 1.54) is 0 Å². The van der Waals surface area contributed by atoms with Crippen molar-refractivity contribution in [1.82, 2.24) is 9.97 Å². The predicted octanol–water partition coefficient (Wildman–Crippen LogP) is 2.84. The van der Waals surface area contributed by atoms with E-state index in [2.05, 4.69) is 29.1 Å². The predicted molar refractivity (Wildman–Crippen MR) is 68.6 cm³/mol. The average molecular weight is 256 g/mol. The van der Waals surface area contributed by atoms with E-state index < -0.39 is 0 Å². The van der Waals surface area contributed by atoms with Crippen molar-refractivity contribution in [2.45, 2.75) is 38.7 Å². The van der Waals surface area contributed by atoms with Crippen molar-refractivity contribution in [3.63, 3.8) is 0 Å². The molecule has 1 aromatic heterocycles. The first kappa shape index (κ1) is 12.6. The summed E-state index contributed by atoms with van der Waals surface area (Å²) in [6, 6.07) is 1.75. The van der Waals surface area contributed by atoms with Crippen LogP contribution in [0, 0.1) is 0 Å². The summed E-state index contributed by atoms with van der Waals surface area (Å²) in [4.78, 5) is 8.63. The molecule has 1 saturated heterocycles. The molecule has 5 heteroatoms. The normalized spacial score (nSPS) is 19.9. The number of hydrogen-bond acceptors (Lipinski definition) is 4. The van der Waals surface area contributed by atoms with Crippen molar-refractivity contribution in [3.05, 3.63) is 17.0 Å². The highest BCUT2D eigenvalue weighted by atomic mass is 35.5. The highest BCUT2D eigenvalue weighted by Crippen LogP contribution is 2.18. The summed E-state index contributed by atoms with van der Waals surface area (Å²) in [5, 5.41) is 3.75. The number of rotatable bonds is 4. The molecule has 1 fully saturated rings. The molecule has 0 radical (unpaired) electrons. The number of ether oxygens (including phenoxy) is 1. The summed E-state index contributed by atoms with van der Waals surface area (Å²) >= 11 is 5.97. The van der Waals surface area contributed by atoms with Gasteiger partial charge in [-0.2, -0.15) is 0 Å². The molecule has 0 spiro atoms. The van der Waals surface area contributed by atoms with Crippen molar-refractivity contribution in [1.29, 1.82) is 0 Å². The fourth-order valence-corrected chi connectivity index (χ4v) is 2.00. The van der Waals surface area contributed by atoms with Gasteiger partial charge in [-0.05, 0) is 12.8 Å². The van der Waals surface area contributed by atoms with Crippen LogP contribution < -0.4 is 5.32 Å². The monoisotopic (exact) mass is 255 g/mol. The molecular weight excluding hydrogens is 238 g/mol. The van der Waals surface area contributed by atoms with Crippen LogP contribution in [0.1, 0.15) is 38.4 Å². The van der Waals surface area contributed by atoms with Gasteiger partial charge >= 0.3 is 0 Å². The first-order valence-corrected chi connectivity index (χ1v) is 6.43. The summed E-state index contributed by atoms with van der Waals surface area (Å²) in [6.07, 6.45) is 2.56. The smallest absolute Gasteiger partial charge is 0.135 e. The molecule has 4 nitrogen and oxygen atoms in total. The Kier molecular flexibility index (Phi) is 4.18. The van der Waals surface area contributed by atoms with Gasteiger partial charge in [0.2, 0.25) is 0 Å². The fourth-order valence-electron chi connectivity index (χ4n) is 1.81. The average Bonchev–Trinajstić information content (AvgIpc) is 2.78. The zero-order valence-corrected chi connectivity index (χ0v) is 11.0. The lowest BCUT2D eigenvalue weighted by Crippen LogP contribution is -2.19. The van der Waals surface area contributed by atoms with Crippen LogP contribution in [-0.2, 0) is 4.74 Å².